The van der Waals surface area contributed by atoms with Crippen LogP contribution in [-0.4, -0.2) is 11.6 Å². The molecule has 3 aliphatic carbocycles. The molecule has 3 rings (SSSR count). The number of fused-ring (bicyclic) bond motifs is 5. The molecule has 2 bridgehead atoms. The van der Waals surface area contributed by atoms with Crippen LogP contribution in [0, 0.1) is 23.7 Å². The second-order valence-corrected chi connectivity index (χ2v) is 5.11. The van der Waals surface area contributed by atoms with E-state index in [-0.39, 0.29) is 45.3 Å². The average molecular weight is 243 g/mol. The van der Waals surface area contributed by atoms with Crippen LogP contribution in [0.15, 0.2) is 22.2 Å². The molecule has 0 unspecified atom stereocenters. The van der Waals surface area contributed by atoms with Crippen LogP contribution < -0.4 is 0 Å². The Balaban J connectivity index is 2.13. The molecule has 2 nitrogen and oxygen atoms in total. The highest BCUT2D eigenvalue weighted by molar-refractivity contribution is 6.56. The van der Waals surface area contributed by atoms with Crippen molar-refractivity contribution in [1.29, 1.82) is 0 Å². The molecule has 15 heavy (non-hydrogen) atoms. The van der Waals surface area contributed by atoms with Crippen LogP contribution in [0.2, 0.25) is 0 Å². The lowest BCUT2D eigenvalue weighted by atomic mass is 9.74. The Morgan fingerprint density at radius 1 is 0.933 bits per heavy atom. The maximum atomic E-state index is 11.9. The molecule has 1 fully saturated rings. The van der Waals surface area contributed by atoms with Crippen LogP contribution in [0.5, 0.6) is 0 Å². The Morgan fingerprint density at radius 3 is 1.73 bits per heavy atom. The molecule has 3 aliphatic rings. The van der Waals surface area contributed by atoms with Crippen LogP contribution >= 0.6 is 23.2 Å². The summed E-state index contributed by atoms with van der Waals surface area (Å²) in [6, 6.07) is 0. The molecule has 0 aliphatic heterocycles. The lowest BCUT2D eigenvalue weighted by Crippen LogP contribution is -2.37. The minimum atomic E-state index is -0.248. The number of carbonyl (C=O) groups excluding carboxylic acids is 2. The third-order valence-electron chi connectivity index (χ3n) is 3.69. The van der Waals surface area contributed by atoms with Crippen molar-refractivity contribution in [1.82, 2.24) is 0 Å². The van der Waals surface area contributed by atoms with Gasteiger partial charge in [0.15, 0.2) is 11.6 Å². The van der Waals surface area contributed by atoms with Crippen LogP contribution in [-0.2, 0) is 9.59 Å². The summed E-state index contributed by atoms with van der Waals surface area (Å²) < 4.78 is 0. The van der Waals surface area contributed by atoms with E-state index in [1.807, 2.05) is 12.2 Å². The lowest BCUT2D eigenvalue weighted by molar-refractivity contribution is -0.130. The minimum Gasteiger partial charge on any atom is -0.293 e. The Hall–Kier alpha value is -0.600. The first kappa shape index (κ1) is 9.61. The van der Waals surface area contributed by atoms with Gasteiger partial charge in [-0.15, -0.1) is 0 Å². The van der Waals surface area contributed by atoms with Gasteiger partial charge in [-0.1, -0.05) is 35.4 Å². The number of Topliss-reactive ketones (excluding diaryl/α,β-unsaturated/α-hetero) is 2. The van der Waals surface area contributed by atoms with E-state index in [0.717, 1.165) is 6.42 Å². The Kier molecular flexibility index (Phi) is 1.89. The smallest absolute Gasteiger partial charge is 0.180 e. The van der Waals surface area contributed by atoms with Crippen molar-refractivity contribution >= 4 is 34.8 Å². The van der Waals surface area contributed by atoms with Gasteiger partial charge in [0.2, 0.25) is 0 Å². The van der Waals surface area contributed by atoms with Gasteiger partial charge in [0.1, 0.15) is 10.1 Å². The normalized spacial score (nSPS) is 42.8. The molecule has 4 heteroatoms. The molecule has 0 N–H and O–H groups in total. The second-order valence-electron chi connectivity index (χ2n) is 4.36. The zero-order valence-electron chi connectivity index (χ0n) is 7.74. The van der Waals surface area contributed by atoms with E-state index in [2.05, 4.69) is 0 Å². The maximum absolute atomic E-state index is 11.9. The predicted molar refractivity (Wildman–Crippen MR) is 56.5 cm³/mol. The first-order valence-corrected chi connectivity index (χ1v) is 5.69. The molecule has 0 aromatic heterocycles. The van der Waals surface area contributed by atoms with E-state index in [9.17, 15) is 9.59 Å². The van der Waals surface area contributed by atoms with Gasteiger partial charge in [0.25, 0.3) is 0 Å². The van der Waals surface area contributed by atoms with Gasteiger partial charge >= 0.3 is 0 Å². The first-order chi connectivity index (χ1) is 7.11. The number of allylic oxidation sites excluding steroid dienone is 4. The summed E-state index contributed by atoms with van der Waals surface area (Å²) >= 11 is 11.5. The molecule has 0 amide bonds. The summed E-state index contributed by atoms with van der Waals surface area (Å²) in [5.41, 5.74) is 0. The lowest BCUT2D eigenvalue weighted by Gasteiger charge is -2.29. The van der Waals surface area contributed by atoms with Crippen LogP contribution in [0.3, 0.4) is 0 Å². The highest BCUT2D eigenvalue weighted by Crippen LogP contribution is 2.53. The van der Waals surface area contributed by atoms with E-state index >= 15 is 0 Å². The molecular formula is C11H8Cl2O2. The SMILES string of the molecule is O=C1C(Cl)=C(Cl)C(=O)[C@@H]2[C@@H]1[C@H]1C=C[C@H]2C1. The average Bonchev–Trinajstić information content (AvgIpc) is 2.82. The van der Waals surface area contributed by atoms with Crippen molar-refractivity contribution in [3.8, 4) is 0 Å². The molecule has 1 saturated carbocycles. The Labute approximate surface area is 96.9 Å². The van der Waals surface area contributed by atoms with Gasteiger partial charge < -0.3 is 0 Å². The van der Waals surface area contributed by atoms with E-state index < -0.39 is 0 Å². The molecule has 0 heterocycles. The third-order valence-corrected chi connectivity index (χ3v) is 4.54. The van der Waals surface area contributed by atoms with Gasteiger partial charge in [-0.2, -0.15) is 0 Å². The molecule has 4 atom stereocenters. The summed E-state index contributed by atoms with van der Waals surface area (Å²) in [6.45, 7) is 0. The number of rotatable bonds is 0. The van der Waals surface area contributed by atoms with Crippen molar-refractivity contribution in [2.45, 2.75) is 6.42 Å². The van der Waals surface area contributed by atoms with Gasteiger partial charge in [-0.3, -0.25) is 9.59 Å². The molecule has 0 radical (unpaired) electrons. The predicted octanol–water partition coefficient (Wildman–Crippen LogP) is 2.27. The fourth-order valence-corrected chi connectivity index (χ4v) is 3.48. The Bertz CT molecular complexity index is 398. The van der Waals surface area contributed by atoms with E-state index in [1.165, 1.54) is 0 Å². The standard InChI is InChI=1S/C11H8Cl2O2/c12-8-9(13)11(15)7-5-2-1-4(3-5)6(7)10(8)14/h1-2,4-7H,3H2/t4-,5-,6-,7-/m0/s1. The summed E-state index contributed by atoms with van der Waals surface area (Å²) in [6.07, 6.45) is 4.95. The van der Waals surface area contributed by atoms with Crippen LogP contribution in [0.4, 0.5) is 0 Å². The number of hydrogen-bond acceptors (Lipinski definition) is 2. The van der Waals surface area contributed by atoms with Crippen molar-refractivity contribution in [2.24, 2.45) is 23.7 Å². The molecule has 0 spiro atoms. The number of halogens is 2. The summed E-state index contributed by atoms with van der Waals surface area (Å²) in [4.78, 5) is 23.8. The summed E-state index contributed by atoms with van der Waals surface area (Å²) in [7, 11) is 0. The van der Waals surface area contributed by atoms with Gasteiger partial charge in [-0.25, -0.2) is 0 Å². The summed E-state index contributed by atoms with van der Waals surface area (Å²) in [5, 5.41) is -0.132. The number of ketones is 2. The number of carbonyl (C=O) groups is 2. The van der Waals surface area contributed by atoms with Crippen molar-refractivity contribution in [3.05, 3.63) is 22.2 Å². The zero-order valence-corrected chi connectivity index (χ0v) is 9.26. The van der Waals surface area contributed by atoms with Crippen molar-refractivity contribution in [3.63, 3.8) is 0 Å². The van der Waals surface area contributed by atoms with Crippen molar-refractivity contribution < 1.29 is 9.59 Å². The largest absolute Gasteiger partial charge is 0.293 e. The Morgan fingerprint density at radius 2 is 1.33 bits per heavy atom. The highest BCUT2D eigenvalue weighted by Gasteiger charge is 2.55. The quantitative estimate of drug-likeness (QED) is 0.611. The minimum absolute atomic E-state index is 0.0659. The second kappa shape index (κ2) is 2.96. The monoisotopic (exact) mass is 242 g/mol. The van der Waals surface area contributed by atoms with Gasteiger partial charge in [0, 0.05) is 11.8 Å². The molecule has 0 aromatic rings. The fraction of sp³-hybridized carbons (Fsp3) is 0.455. The van der Waals surface area contributed by atoms with E-state index in [1.54, 1.807) is 0 Å². The van der Waals surface area contributed by atoms with Crippen LogP contribution in [0.1, 0.15) is 6.42 Å². The van der Waals surface area contributed by atoms with Gasteiger partial charge in [-0.05, 0) is 18.3 Å². The maximum Gasteiger partial charge on any atom is 0.180 e. The molecule has 78 valence electrons. The van der Waals surface area contributed by atoms with Gasteiger partial charge in [0.05, 0.1) is 0 Å². The van der Waals surface area contributed by atoms with E-state index in [0.29, 0.717) is 0 Å². The third kappa shape index (κ3) is 1.07. The first-order valence-electron chi connectivity index (χ1n) is 4.93. The topological polar surface area (TPSA) is 34.1 Å². The summed E-state index contributed by atoms with van der Waals surface area (Å²) in [5.74, 6) is -0.416. The zero-order chi connectivity index (χ0) is 10.7. The molecule has 0 saturated heterocycles. The number of hydrogen-bond donors (Lipinski definition) is 0. The molecular weight excluding hydrogens is 235 g/mol. The fourth-order valence-electron chi connectivity index (χ4n) is 3.05. The van der Waals surface area contributed by atoms with E-state index in [4.69, 9.17) is 23.2 Å². The van der Waals surface area contributed by atoms with Crippen LogP contribution in [0.25, 0.3) is 0 Å². The van der Waals surface area contributed by atoms with Crippen molar-refractivity contribution in [2.75, 3.05) is 0 Å². The molecule has 0 aromatic carbocycles. The highest BCUT2D eigenvalue weighted by atomic mass is 35.5.